The zero-order chi connectivity index (χ0) is 24.2. The van der Waals surface area contributed by atoms with Crippen molar-refractivity contribution in [2.24, 2.45) is 5.92 Å². The monoisotopic (exact) mass is 514 g/mol. The molecule has 182 valence electrons. The fraction of sp³-hybridized carbons (Fsp3) is 0.357. The molecule has 1 aliphatic heterocycles. The van der Waals surface area contributed by atoms with E-state index in [2.05, 4.69) is 27.3 Å². The van der Waals surface area contributed by atoms with Crippen LogP contribution in [0.5, 0.6) is 0 Å². The first-order valence-corrected chi connectivity index (χ1v) is 14.4. The van der Waals surface area contributed by atoms with Gasteiger partial charge in [0.25, 0.3) is 11.8 Å². The number of nitrogens with one attached hydrogen (secondary N) is 1. The first kappa shape index (κ1) is 22.1. The SMILES string of the molecule is O=C(NC[C@H]1[C@H]2CC[C@@H](C2)N1C(=O)c1nc(C2CC2)sc1-c1ccccc1)c1cccc2ncsc12. The second-order valence-electron chi connectivity index (χ2n) is 10.1. The van der Waals surface area contributed by atoms with Crippen LogP contribution in [0.3, 0.4) is 0 Å². The number of carbonyl (C=O) groups is 2. The summed E-state index contributed by atoms with van der Waals surface area (Å²) >= 11 is 3.16. The summed E-state index contributed by atoms with van der Waals surface area (Å²) in [6.07, 6.45) is 5.46. The first-order chi connectivity index (χ1) is 17.7. The highest BCUT2D eigenvalue weighted by molar-refractivity contribution is 7.17. The highest BCUT2D eigenvalue weighted by Gasteiger charge is 2.49. The Labute approximate surface area is 217 Å². The molecule has 7 rings (SSSR count). The smallest absolute Gasteiger partial charge is 0.274 e. The van der Waals surface area contributed by atoms with Crippen LogP contribution < -0.4 is 5.32 Å². The van der Waals surface area contributed by atoms with Crippen molar-refractivity contribution in [3.8, 4) is 10.4 Å². The van der Waals surface area contributed by atoms with Gasteiger partial charge in [0.15, 0.2) is 0 Å². The summed E-state index contributed by atoms with van der Waals surface area (Å²) in [7, 11) is 0. The number of piperidine rings is 1. The molecule has 3 atom stereocenters. The minimum Gasteiger partial charge on any atom is -0.350 e. The van der Waals surface area contributed by atoms with Crippen molar-refractivity contribution < 1.29 is 9.59 Å². The lowest BCUT2D eigenvalue weighted by atomic mass is 9.98. The van der Waals surface area contributed by atoms with Gasteiger partial charge in [-0.15, -0.1) is 22.7 Å². The lowest BCUT2D eigenvalue weighted by Gasteiger charge is -2.35. The molecule has 4 aromatic rings. The van der Waals surface area contributed by atoms with Crippen molar-refractivity contribution in [3.05, 3.63) is 70.3 Å². The normalized spacial score (nSPS) is 22.9. The predicted octanol–water partition coefficient (Wildman–Crippen LogP) is 5.72. The number of aromatic nitrogens is 2. The first-order valence-electron chi connectivity index (χ1n) is 12.7. The van der Waals surface area contributed by atoms with Gasteiger partial charge >= 0.3 is 0 Å². The third kappa shape index (κ3) is 3.74. The summed E-state index contributed by atoms with van der Waals surface area (Å²) in [6, 6.07) is 16.0. The van der Waals surface area contributed by atoms with Crippen molar-refractivity contribution in [3.63, 3.8) is 0 Å². The largest absolute Gasteiger partial charge is 0.350 e. The zero-order valence-corrected chi connectivity index (χ0v) is 21.4. The molecule has 2 aromatic heterocycles. The molecule has 2 amide bonds. The fourth-order valence-corrected chi connectivity index (χ4v) is 7.96. The standard InChI is InChI=1S/C28H26N4O2S2/c33-26(20-7-4-8-21-25(20)35-15-30-21)29-14-22-18-11-12-19(13-18)32(22)28(34)23-24(16-5-2-1-3-6-16)36-27(31-23)17-9-10-17/h1-8,15,17-19,22H,9-14H2,(H,29,33)/t18-,19-,22-/m0/s1. The number of rotatable bonds is 6. The van der Waals surface area contributed by atoms with Gasteiger partial charge in [-0.25, -0.2) is 9.97 Å². The van der Waals surface area contributed by atoms with E-state index in [9.17, 15) is 9.59 Å². The predicted molar refractivity (Wildman–Crippen MR) is 143 cm³/mol. The maximum absolute atomic E-state index is 14.1. The summed E-state index contributed by atoms with van der Waals surface area (Å²) in [5.41, 5.74) is 4.90. The number of carbonyl (C=O) groups excluding carboxylic acids is 2. The fourth-order valence-electron chi connectivity index (χ4n) is 5.92. The van der Waals surface area contributed by atoms with E-state index in [-0.39, 0.29) is 23.9 Å². The second kappa shape index (κ2) is 8.78. The molecule has 2 aliphatic carbocycles. The average Bonchev–Trinajstić information content (AvgIpc) is 3.29. The molecule has 1 N–H and O–H groups in total. The number of amides is 2. The van der Waals surface area contributed by atoms with Crippen LogP contribution in [-0.2, 0) is 0 Å². The molecule has 2 saturated carbocycles. The van der Waals surface area contributed by atoms with Crippen LogP contribution in [0.2, 0.25) is 0 Å². The van der Waals surface area contributed by atoms with Crippen molar-refractivity contribution >= 4 is 44.7 Å². The number of hydrogen-bond donors (Lipinski definition) is 1. The van der Waals surface area contributed by atoms with Gasteiger partial charge < -0.3 is 10.2 Å². The Hall–Kier alpha value is -3.10. The molecular formula is C28H26N4O2S2. The molecule has 2 bridgehead atoms. The van der Waals surface area contributed by atoms with Crippen LogP contribution in [0.4, 0.5) is 0 Å². The van der Waals surface area contributed by atoms with Crippen LogP contribution in [0.15, 0.2) is 54.0 Å². The summed E-state index contributed by atoms with van der Waals surface area (Å²) in [6.45, 7) is 0.460. The number of benzene rings is 2. The van der Waals surface area contributed by atoms with E-state index >= 15 is 0 Å². The average molecular weight is 515 g/mol. The van der Waals surface area contributed by atoms with Crippen LogP contribution in [0.25, 0.3) is 20.7 Å². The van der Waals surface area contributed by atoms with Crippen LogP contribution in [-0.4, -0.2) is 45.3 Å². The number of thiazole rings is 2. The van der Waals surface area contributed by atoms with Gasteiger partial charge in [-0.3, -0.25) is 9.59 Å². The number of likely N-dealkylation sites (tertiary alicyclic amines) is 1. The van der Waals surface area contributed by atoms with Gasteiger partial charge in [-0.2, -0.15) is 0 Å². The summed E-state index contributed by atoms with van der Waals surface area (Å²) in [5.74, 6) is 0.835. The van der Waals surface area contributed by atoms with Gasteiger partial charge in [0.1, 0.15) is 5.69 Å². The van der Waals surface area contributed by atoms with Gasteiger partial charge in [-0.05, 0) is 55.7 Å². The Balaban J connectivity index is 1.16. The molecule has 8 heteroatoms. The van der Waals surface area contributed by atoms with E-state index in [1.54, 1.807) is 16.8 Å². The Bertz CT molecular complexity index is 1460. The minimum absolute atomic E-state index is 0.00411. The molecule has 3 heterocycles. The van der Waals surface area contributed by atoms with Crippen LogP contribution in [0, 0.1) is 5.92 Å². The molecule has 36 heavy (non-hydrogen) atoms. The highest BCUT2D eigenvalue weighted by Crippen LogP contribution is 2.47. The van der Waals surface area contributed by atoms with Gasteiger partial charge in [-0.1, -0.05) is 36.4 Å². The van der Waals surface area contributed by atoms with Gasteiger partial charge in [0, 0.05) is 18.5 Å². The van der Waals surface area contributed by atoms with Crippen molar-refractivity contribution in [2.75, 3.05) is 6.54 Å². The molecule has 0 spiro atoms. The summed E-state index contributed by atoms with van der Waals surface area (Å²) in [5, 5.41) is 4.24. The van der Waals surface area contributed by atoms with E-state index in [4.69, 9.17) is 4.98 Å². The minimum atomic E-state index is -0.102. The summed E-state index contributed by atoms with van der Waals surface area (Å²) < 4.78 is 0.901. The topological polar surface area (TPSA) is 75.2 Å². The number of hydrogen-bond acceptors (Lipinski definition) is 6. The Morgan fingerprint density at radius 2 is 1.89 bits per heavy atom. The summed E-state index contributed by atoms with van der Waals surface area (Å²) in [4.78, 5) is 39.5. The lowest BCUT2D eigenvalue weighted by molar-refractivity contribution is 0.0577. The third-order valence-corrected chi connectivity index (χ3v) is 10.00. The molecule has 2 aromatic carbocycles. The lowest BCUT2D eigenvalue weighted by Crippen LogP contribution is -2.50. The Morgan fingerprint density at radius 3 is 2.72 bits per heavy atom. The number of nitrogens with zero attached hydrogens (tertiary/aromatic N) is 3. The molecule has 3 aliphatic rings. The molecule has 3 fully saturated rings. The van der Waals surface area contributed by atoms with Crippen molar-refractivity contribution in [2.45, 2.75) is 50.1 Å². The van der Waals surface area contributed by atoms with E-state index in [0.717, 1.165) is 57.8 Å². The quantitative estimate of drug-likeness (QED) is 0.357. The van der Waals surface area contributed by atoms with E-state index in [1.807, 2.05) is 36.4 Å². The molecule has 0 unspecified atom stereocenters. The second-order valence-corrected chi connectivity index (χ2v) is 12.0. The van der Waals surface area contributed by atoms with Crippen molar-refractivity contribution in [1.29, 1.82) is 0 Å². The van der Waals surface area contributed by atoms with E-state index < -0.39 is 0 Å². The maximum atomic E-state index is 14.1. The van der Waals surface area contributed by atoms with Crippen molar-refractivity contribution in [1.82, 2.24) is 20.2 Å². The van der Waals surface area contributed by atoms with Gasteiger partial charge in [0.05, 0.1) is 37.2 Å². The van der Waals surface area contributed by atoms with E-state index in [0.29, 0.717) is 29.6 Å². The van der Waals surface area contributed by atoms with Crippen LogP contribution >= 0.6 is 22.7 Å². The Morgan fingerprint density at radius 1 is 1.03 bits per heavy atom. The number of fused-ring (bicyclic) bond motifs is 3. The van der Waals surface area contributed by atoms with Gasteiger partial charge in [0.2, 0.25) is 0 Å². The zero-order valence-electron chi connectivity index (χ0n) is 19.7. The van der Waals surface area contributed by atoms with E-state index in [1.165, 1.54) is 11.3 Å². The molecule has 6 nitrogen and oxygen atoms in total. The highest BCUT2D eigenvalue weighted by atomic mass is 32.1. The maximum Gasteiger partial charge on any atom is 0.274 e. The Kier molecular flexibility index (Phi) is 5.40. The molecular weight excluding hydrogens is 488 g/mol. The van der Waals surface area contributed by atoms with Crippen LogP contribution in [0.1, 0.15) is 63.9 Å². The third-order valence-electron chi connectivity index (χ3n) is 7.86. The molecule has 0 radical (unpaired) electrons. The molecule has 1 saturated heterocycles.